The first-order chi connectivity index (χ1) is 6.11. The standard InChI is InChI=1S/C10H16N2O/c1-7(8-5-11-6-8)9(13)12-10(2)3-4-10/h11H,3-6H2,1-2H3,(H,12,13). The van der Waals surface area contributed by atoms with Crippen molar-refractivity contribution in [1.82, 2.24) is 10.6 Å². The first kappa shape index (κ1) is 8.75. The molecule has 0 atom stereocenters. The van der Waals surface area contributed by atoms with Crippen LogP contribution < -0.4 is 10.6 Å². The van der Waals surface area contributed by atoms with Crippen molar-refractivity contribution in [2.75, 3.05) is 13.1 Å². The molecule has 2 fully saturated rings. The van der Waals surface area contributed by atoms with Crippen molar-refractivity contribution in [2.45, 2.75) is 32.2 Å². The molecule has 0 aromatic carbocycles. The van der Waals surface area contributed by atoms with Crippen LogP contribution in [0.4, 0.5) is 0 Å². The zero-order valence-electron chi connectivity index (χ0n) is 8.24. The third-order valence-electron chi connectivity index (χ3n) is 2.96. The Bertz CT molecular complexity index is 271. The third kappa shape index (κ3) is 1.75. The van der Waals surface area contributed by atoms with Gasteiger partial charge in [0, 0.05) is 24.2 Å². The molecule has 0 spiro atoms. The first-order valence-corrected chi connectivity index (χ1v) is 4.83. The molecule has 2 rings (SSSR count). The van der Waals surface area contributed by atoms with Gasteiger partial charge in [0.2, 0.25) is 5.91 Å². The van der Waals surface area contributed by atoms with Crippen molar-refractivity contribution in [3.8, 4) is 0 Å². The SMILES string of the molecule is CC(C(=O)NC1(C)CC1)=C1CNC1. The van der Waals surface area contributed by atoms with Gasteiger partial charge in [-0.2, -0.15) is 0 Å². The number of nitrogens with one attached hydrogen (secondary N) is 2. The molecule has 0 radical (unpaired) electrons. The molecule has 0 aromatic heterocycles. The fourth-order valence-corrected chi connectivity index (χ4v) is 1.36. The summed E-state index contributed by atoms with van der Waals surface area (Å²) in [6.07, 6.45) is 2.25. The minimum Gasteiger partial charge on any atom is -0.347 e. The van der Waals surface area contributed by atoms with Gasteiger partial charge < -0.3 is 10.6 Å². The summed E-state index contributed by atoms with van der Waals surface area (Å²) in [5.74, 6) is 0.122. The summed E-state index contributed by atoms with van der Waals surface area (Å²) in [7, 11) is 0. The van der Waals surface area contributed by atoms with Crippen LogP contribution in [-0.4, -0.2) is 24.5 Å². The van der Waals surface area contributed by atoms with Crippen molar-refractivity contribution in [1.29, 1.82) is 0 Å². The highest BCUT2D eigenvalue weighted by Crippen LogP contribution is 2.34. The Kier molecular flexibility index (Phi) is 1.91. The molecule has 3 nitrogen and oxygen atoms in total. The van der Waals surface area contributed by atoms with Gasteiger partial charge in [0.25, 0.3) is 0 Å². The summed E-state index contributed by atoms with van der Waals surface area (Å²) in [5.41, 5.74) is 2.27. The van der Waals surface area contributed by atoms with E-state index in [-0.39, 0.29) is 11.4 Å². The molecule has 0 bridgehead atoms. The summed E-state index contributed by atoms with van der Waals surface area (Å²) in [4.78, 5) is 11.6. The average molecular weight is 180 g/mol. The van der Waals surface area contributed by atoms with Crippen molar-refractivity contribution >= 4 is 5.91 Å². The fourth-order valence-electron chi connectivity index (χ4n) is 1.36. The second-order valence-corrected chi connectivity index (χ2v) is 4.35. The van der Waals surface area contributed by atoms with Crippen LogP contribution in [0.5, 0.6) is 0 Å². The topological polar surface area (TPSA) is 41.1 Å². The van der Waals surface area contributed by atoms with Gasteiger partial charge in [-0.15, -0.1) is 0 Å². The second kappa shape index (κ2) is 2.84. The molecule has 3 heteroatoms. The zero-order chi connectivity index (χ0) is 9.47. The van der Waals surface area contributed by atoms with Crippen LogP contribution in [0, 0.1) is 0 Å². The largest absolute Gasteiger partial charge is 0.347 e. The van der Waals surface area contributed by atoms with Gasteiger partial charge in [-0.1, -0.05) is 0 Å². The first-order valence-electron chi connectivity index (χ1n) is 4.83. The molecule has 1 aliphatic carbocycles. The minimum atomic E-state index is 0.107. The van der Waals surface area contributed by atoms with E-state index in [9.17, 15) is 4.79 Å². The molecule has 72 valence electrons. The Morgan fingerprint density at radius 1 is 1.46 bits per heavy atom. The van der Waals surface area contributed by atoms with E-state index in [1.54, 1.807) is 0 Å². The molecule has 1 saturated carbocycles. The van der Waals surface area contributed by atoms with E-state index in [4.69, 9.17) is 0 Å². The van der Waals surface area contributed by atoms with Crippen LogP contribution in [-0.2, 0) is 4.79 Å². The smallest absolute Gasteiger partial charge is 0.247 e. The molecule has 1 saturated heterocycles. The van der Waals surface area contributed by atoms with E-state index in [0.29, 0.717) is 0 Å². The van der Waals surface area contributed by atoms with E-state index in [1.165, 1.54) is 5.57 Å². The lowest BCUT2D eigenvalue weighted by molar-refractivity contribution is -0.118. The molecular weight excluding hydrogens is 164 g/mol. The van der Waals surface area contributed by atoms with Crippen LogP contribution >= 0.6 is 0 Å². The van der Waals surface area contributed by atoms with Crippen LogP contribution in [0.3, 0.4) is 0 Å². The number of hydrogen-bond acceptors (Lipinski definition) is 2. The lowest BCUT2D eigenvalue weighted by Gasteiger charge is -2.22. The maximum Gasteiger partial charge on any atom is 0.247 e. The van der Waals surface area contributed by atoms with E-state index < -0.39 is 0 Å². The van der Waals surface area contributed by atoms with Crippen molar-refractivity contribution in [3.63, 3.8) is 0 Å². The summed E-state index contributed by atoms with van der Waals surface area (Å²) >= 11 is 0. The van der Waals surface area contributed by atoms with Crippen LogP contribution in [0.25, 0.3) is 0 Å². The van der Waals surface area contributed by atoms with Crippen molar-refractivity contribution in [2.24, 2.45) is 0 Å². The summed E-state index contributed by atoms with van der Waals surface area (Å²) in [5, 5.41) is 6.19. The predicted octanol–water partition coefficient (Wildman–Crippen LogP) is 0.575. The number of amides is 1. The van der Waals surface area contributed by atoms with Gasteiger partial charge in [0.1, 0.15) is 0 Å². The number of carbonyl (C=O) groups excluding carboxylic acids is 1. The highest BCUT2D eigenvalue weighted by molar-refractivity contribution is 5.94. The van der Waals surface area contributed by atoms with Crippen LogP contribution in [0.1, 0.15) is 26.7 Å². The Balaban J connectivity index is 1.96. The highest BCUT2D eigenvalue weighted by atomic mass is 16.1. The monoisotopic (exact) mass is 180 g/mol. The van der Waals surface area contributed by atoms with Crippen LogP contribution in [0.15, 0.2) is 11.1 Å². The van der Waals surface area contributed by atoms with Gasteiger partial charge >= 0.3 is 0 Å². The summed E-state index contributed by atoms with van der Waals surface area (Å²) < 4.78 is 0. The van der Waals surface area contributed by atoms with Gasteiger partial charge in [-0.25, -0.2) is 0 Å². The maximum atomic E-state index is 11.6. The van der Waals surface area contributed by atoms with Crippen LogP contribution in [0.2, 0.25) is 0 Å². The number of carbonyl (C=O) groups is 1. The lowest BCUT2D eigenvalue weighted by atomic mass is 10.0. The highest BCUT2D eigenvalue weighted by Gasteiger charge is 2.39. The van der Waals surface area contributed by atoms with Gasteiger partial charge in [-0.3, -0.25) is 4.79 Å². The maximum absolute atomic E-state index is 11.6. The molecule has 13 heavy (non-hydrogen) atoms. The molecule has 2 N–H and O–H groups in total. The number of rotatable bonds is 2. The second-order valence-electron chi connectivity index (χ2n) is 4.35. The average Bonchev–Trinajstić information content (AvgIpc) is 2.64. The summed E-state index contributed by atoms with van der Waals surface area (Å²) in [6, 6.07) is 0. The Morgan fingerprint density at radius 2 is 2.08 bits per heavy atom. The van der Waals surface area contributed by atoms with Crippen molar-refractivity contribution in [3.05, 3.63) is 11.1 Å². The van der Waals surface area contributed by atoms with E-state index >= 15 is 0 Å². The van der Waals surface area contributed by atoms with E-state index in [0.717, 1.165) is 31.5 Å². The molecule has 2 aliphatic rings. The Labute approximate surface area is 78.6 Å². The van der Waals surface area contributed by atoms with E-state index in [2.05, 4.69) is 17.6 Å². The quantitative estimate of drug-likeness (QED) is 0.610. The molecular formula is C10H16N2O. The Morgan fingerprint density at radius 3 is 2.46 bits per heavy atom. The molecule has 1 aliphatic heterocycles. The van der Waals surface area contributed by atoms with Gasteiger partial charge in [-0.05, 0) is 32.3 Å². The minimum absolute atomic E-state index is 0.107. The number of hydrogen-bond donors (Lipinski definition) is 2. The molecule has 1 amide bonds. The predicted molar refractivity (Wildman–Crippen MR) is 51.4 cm³/mol. The van der Waals surface area contributed by atoms with Gasteiger partial charge in [0.15, 0.2) is 0 Å². The van der Waals surface area contributed by atoms with Crippen molar-refractivity contribution < 1.29 is 4.79 Å². The summed E-state index contributed by atoms with van der Waals surface area (Å²) in [6.45, 7) is 5.78. The molecule has 0 aromatic rings. The molecule has 0 unspecified atom stereocenters. The molecule has 1 heterocycles. The fraction of sp³-hybridized carbons (Fsp3) is 0.700. The normalized spacial score (nSPS) is 23.4. The third-order valence-corrected chi connectivity index (χ3v) is 2.96. The zero-order valence-corrected chi connectivity index (χ0v) is 8.24. The Hall–Kier alpha value is -0.830. The van der Waals surface area contributed by atoms with Gasteiger partial charge in [0.05, 0.1) is 0 Å². The lowest BCUT2D eigenvalue weighted by Crippen LogP contribution is -2.40. The van der Waals surface area contributed by atoms with E-state index in [1.807, 2.05) is 6.92 Å².